The molecule has 0 radical (unpaired) electrons. The van der Waals surface area contributed by atoms with Gasteiger partial charge in [-0.05, 0) is 24.6 Å². The number of carbonyl (C=O) groups is 1. The summed E-state index contributed by atoms with van der Waals surface area (Å²) in [6.45, 7) is 1.74. The van der Waals surface area contributed by atoms with E-state index >= 15 is 0 Å². The minimum Gasteiger partial charge on any atom is -0.496 e. The number of hydrogen-bond donors (Lipinski definition) is 1. The van der Waals surface area contributed by atoms with Gasteiger partial charge in [0.05, 0.1) is 19.8 Å². The van der Waals surface area contributed by atoms with Crippen LogP contribution in [-0.4, -0.2) is 31.2 Å². The maximum Gasteiger partial charge on any atom is 0.320 e. The monoisotopic (exact) mass is 272 g/mol. The van der Waals surface area contributed by atoms with E-state index in [-0.39, 0.29) is 17.1 Å². The summed E-state index contributed by atoms with van der Waals surface area (Å²) in [5, 5.41) is 9.21. The summed E-state index contributed by atoms with van der Waals surface area (Å²) in [6.07, 6.45) is -0.745. The average molecular weight is 272 g/mol. The highest BCUT2D eigenvalue weighted by molar-refractivity contribution is 5.90. The molecule has 0 saturated heterocycles. The molecule has 0 amide bonds. The van der Waals surface area contributed by atoms with Crippen LogP contribution in [0, 0.1) is 6.92 Å². The topological polar surface area (TPSA) is 55.8 Å². The Balaban J connectivity index is 2.71. The predicted molar refractivity (Wildman–Crippen MR) is 63.2 cm³/mol. The molecular weight excluding hydrogens is 258 g/mol. The molecule has 6 heteroatoms. The van der Waals surface area contributed by atoms with Gasteiger partial charge in [0.15, 0.2) is 5.41 Å². The van der Waals surface area contributed by atoms with Crippen LogP contribution < -0.4 is 9.47 Å². The molecule has 0 aliphatic heterocycles. The largest absolute Gasteiger partial charge is 0.496 e. The lowest BCUT2D eigenvalue weighted by Gasteiger charge is -2.19. The number of hydrogen-bond acceptors (Lipinski definition) is 3. The molecule has 1 unspecified atom stereocenters. The van der Waals surface area contributed by atoms with Gasteiger partial charge in [0.1, 0.15) is 11.5 Å². The minimum atomic E-state index is -3.30. The second-order valence-corrected chi connectivity index (χ2v) is 4.64. The van der Waals surface area contributed by atoms with Gasteiger partial charge in [-0.2, -0.15) is 0 Å². The Morgan fingerprint density at radius 2 is 1.68 bits per heavy atom. The lowest BCUT2D eigenvalue weighted by molar-refractivity contribution is -0.143. The molecule has 1 saturated carbocycles. The van der Waals surface area contributed by atoms with Crippen molar-refractivity contribution in [1.82, 2.24) is 0 Å². The molecule has 1 aromatic carbocycles. The van der Waals surface area contributed by atoms with E-state index in [0.717, 1.165) is 5.56 Å². The zero-order chi connectivity index (χ0) is 14.4. The maximum absolute atomic E-state index is 13.6. The number of aliphatic carboxylic acids is 1. The van der Waals surface area contributed by atoms with Gasteiger partial charge in [-0.1, -0.05) is 0 Å². The van der Waals surface area contributed by atoms with Gasteiger partial charge >= 0.3 is 5.97 Å². The van der Waals surface area contributed by atoms with E-state index in [0.29, 0.717) is 0 Å². The number of aryl methyl sites for hydroxylation is 1. The molecule has 1 N–H and O–H groups in total. The van der Waals surface area contributed by atoms with Crippen molar-refractivity contribution >= 4 is 5.97 Å². The van der Waals surface area contributed by atoms with E-state index in [1.165, 1.54) is 26.4 Å². The number of carboxylic acid groups (broad SMARTS) is 1. The van der Waals surface area contributed by atoms with Crippen molar-refractivity contribution in [2.24, 2.45) is 0 Å². The van der Waals surface area contributed by atoms with Crippen LogP contribution in [0.2, 0.25) is 0 Å². The van der Waals surface area contributed by atoms with Crippen molar-refractivity contribution in [3.63, 3.8) is 0 Å². The van der Waals surface area contributed by atoms with Crippen LogP contribution in [0.3, 0.4) is 0 Å². The molecule has 104 valence electrons. The Hall–Kier alpha value is -1.85. The zero-order valence-electron chi connectivity index (χ0n) is 10.8. The molecule has 0 bridgehead atoms. The van der Waals surface area contributed by atoms with Gasteiger partial charge in [-0.3, -0.25) is 4.79 Å². The van der Waals surface area contributed by atoms with Crippen molar-refractivity contribution in [3.8, 4) is 11.5 Å². The fourth-order valence-corrected chi connectivity index (χ4v) is 2.36. The molecule has 0 heterocycles. The lowest BCUT2D eigenvalue weighted by Crippen LogP contribution is -2.28. The number of ether oxygens (including phenoxy) is 2. The van der Waals surface area contributed by atoms with E-state index < -0.39 is 23.7 Å². The molecule has 1 atom stereocenters. The summed E-state index contributed by atoms with van der Waals surface area (Å²) in [5.41, 5.74) is -1.61. The number of carboxylic acids is 1. The smallest absolute Gasteiger partial charge is 0.320 e. The van der Waals surface area contributed by atoms with Crippen molar-refractivity contribution in [3.05, 3.63) is 23.3 Å². The fourth-order valence-electron chi connectivity index (χ4n) is 2.36. The summed E-state index contributed by atoms with van der Waals surface area (Å²) in [5.74, 6) is -4.65. The standard InChI is InChI=1S/C13H14F2O4/c1-7-4-8(18-2)10(9(5-7)19-3)12(11(16)17)6-13(12,14)15/h4-5H,6H2,1-3H3,(H,16,17). The van der Waals surface area contributed by atoms with Crippen LogP contribution in [0.15, 0.2) is 12.1 Å². The van der Waals surface area contributed by atoms with Crippen molar-refractivity contribution in [2.75, 3.05) is 14.2 Å². The van der Waals surface area contributed by atoms with Gasteiger partial charge in [0, 0.05) is 6.42 Å². The highest BCUT2D eigenvalue weighted by Gasteiger charge is 2.79. The highest BCUT2D eigenvalue weighted by Crippen LogP contribution is 2.65. The maximum atomic E-state index is 13.6. The first-order valence-corrected chi connectivity index (χ1v) is 5.64. The Morgan fingerprint density at radius 3 is 1.95 bits per heavy atom. The average Bonchev–Trinajstić information content (AvgIpc) is 2.92. The molecule has 1 aromatic rings. The van der Waals surface area contributed by atoms with E-state index in [1.54, 1.807) is 6.92 Å². The first-order valence-electron chi connectivity index (χ1n) is 5.64. The molecule has 0 spiro atoms. The third-order valence-corrected chi connectivity index (χ3v) is 3.43. The SMILES string of the molecule is COc1cc(C)cc(OC)c1C1(C(=O)O)CC1(F)F. The number of halogens is 2. The molecule has 0 aromatic heterocycles. The summed E-state index contributed by atoms with van der Waals surface area (Å²) in [4.78, 5) is 11.3. The Bertz CT molecular complexity index is 516. The van der Waals surface area contributed by atoms with Crippen molar-refractivity contribution in [1.29, 1.82) is 0 Å². The molecule has 4 nitrogen and oxygen atoms in total. The highest BCUT2D eigenvalue weighted by atomic mass is 19.3. The van der Waals surface area contributed by atoms with Gasteiger partial charge < -0.3 is 14.6 Å². The van der Waals surface area contributed by atoms with E-state index in [2.05, 4.69) is 0 Å². The first kappa shape index (κ1) is 13.6. The quantitative estimate of drug-likeness (QED) is 0.914. The number of alkyl halides is 2. The van der Waals surface area contributed by atoms with Crippen LogP contribution in [0.4, 0.5) is 8.78 Å². The van der Waals surface area contributed by atoms with Crippen LogP contribution in [0.5, 0.6) is 11.5 Å². The Morgan fingerprint density at radius 1 is 1.26 bits per heavy atom. The second-order valence-electron chi connectivity index (χ2n) is 4.64. The number of methoxy groups -OCH3 is 2. The van der Waals surface area contributed by atoms with Crippen LogP contribution in [0.1, 0.15) is 17.5 Å². The molecule has 1 aliphatic rings. The molecule has 1 aliphatic carbocycles. The van der Waals surface area contributed by atoms with E-state index in [1.807, 2.05) is 0 Å². The number of benzene rings is 1. The van der Waals surface area contributed by atoms with Gasteiger partial charge in [0.25, 0.3) is 5.92 Å². The third kappa shape index (κ3) is 1.74. The Labute approximate surface area is 108 Å². The molecule has 1 fully saturated rings. The van der Waals surface area contributed by atoms with Crippen LogP contribution >= 0.6 is 0 Å². The van der Waals surface area contributed by atoms with E-state index in [4.69, 9.17) is 9.47 Å². The summed E-state index contributed by atoms with van der Waals surface area (Å²) in [6, 6.07) is 3.05. The summed E-state index contributed by atoms with van der Waals surface area (Å²) < 4.78 is 37.4. The predicted octanol–water partition coefficient (Wildman–Crippen LogP) is 2.37. The van der Waals surface area contributed by atoms with Gasteiger partial charge in [0.2, 0.25) is 0 Å². The van der Waals surface area contributed by atoms with Crippen molar-refractivity contribution < 1.29 is 28.2 Å². The van der Waals surface area contributed by atoms with E-state index in [9.17, 15) is 18.7 Å². The molecule has 2 rings (SSSR count). The van der Waals surface area contributed by atoms with Gasteiger partial charge in [-0.25, -0.2) is 8.78 Å². The summed E-state index contributed by atoms with van der Waals surface area (Å²) >= 11 is 0. The summed E-state index contributed by atoms with van der Waals surface area (Å²) in [7, 11) is 2.63. The second kappa shape index (κ2) is 4.08. The lowest BCUT2D eigenvalue weighted by atomic mass is 9.92. The molecule has 19 heavy (non-hydrogen) atoms. The first-order chi connectivity index (χ1) is 8.80. The molecular formula is C13H14F2O4. The van der Waals surface area contributed by atoms with Crippen molar-refractivity contribution in [2.45, 2.75) is 24.7 Å². The third-order valence-electron chi connectivity index (χ3n) is 3.43. The number of rotatable bonds is 4. The van der Waals surface area contributed by atoms with Gasteiger partial charge in [-0.15, -0.1) is 0 Å². The van der Waals surface area contributed by atoms with Crippen LogP contribution in [-0.2, 0) is 10.2 Å². The normalized spacial score (nSPS) is 23.8. The zero-order valence-corrected chi connectivity index (χ0v) is 10.8. The van der Waals surface area contributed by atoms with Crippen LogP contribution in [0.25, 0.3) is 0 Å². The fraction of sp³-hybridized carbons (Fsp3) is 0.462. The Kier molecular flexibility index (Phi) is 2.91. The minimum absolute atomic E-state index is 0.0967.